The van der Waals surface area contributed by atoms with Crippen LogP contribution in [-0.4, -0.2) is 6.04 Å². The van der Waals surface area contributed by atoms with Gasteiger partial charge in [0.05, 0.1) is 0 Å². The summed E-state index contributed by atoms with van der Waals surface area (Å²) >= 11 is 0. The van der Waals surface area contributed by atoms with Crippen LogP contribution in [0.3, 0.4) is 0 Å². The van der Waals surface area contributed by atoms with Gasteiger partial charge >= 0.3 is 0 Å². The maximum atomic E-state index is 6.01. The van der Waals surface area contributed by atoms with Crippen LogP contribution in [0.4, 0.5) is 0 Å². The first-order chi connectivity index (χ1) is 6.27. The summed E-state index contributed by atoms with van der Waals surface area (Å²) in [7, 11) is 0. The fraction of sp³-hybridized carbons (Fsp3) is 1.00. The maximum Gasteiger partial charge on any atom is 0.00415 e. The number of rotatable bonds is 4. The van der Waals surface area contributed by atoms with E-state index < -0.39 is 0 Å². The van der Waals surface area contributed by atoms with Gasteiger partial charge in [0.2, 0.25) is 0 Å². The summed E-state index contributed by atoms with van der Waals surface area (Å²) in [6, 6.07) is 0.504. The van der Waals surface area contributed by atoms with Crippen molar-refractivity contribution >= 4 is 0 Å². The summed E-state index contributed by atoms with van der Waals surface area (Å²) < 4.78 is 0. The monoisotopic (exact) mass is 183 g/mol. The zero-order valence-electron chi connectivity index (χ0n) is 9.26. The average Bonchev–Trinajstić information content (AvgIpc) is 2.14. The molecule has 1 nitrogen and oxygen atoms in total. The van der Waals surface area contributed by atoms with E-state index in [9.17, 15) is 0 Å². The molecule has 0 amide bonds. The molecule has 0 aromatic rings. The van der Waals surface area contributed by atoms with Crippen LogP contribution in [0.5, 0.6) is 0 Å². The van der Waals surface area contributed by atoms with Crippen LogP contribution in [0.25, 0.3) is 0 Å². The molecule has 2 N–H and O–H groups in total. The van der Waals surface area contributed by atoms with Crippen LogP contribution in [0.15, 0.2) is 0 Å². The lowest BCUT2D eigenvalue weighted by atomic mass is 9.75. The van der Waals surface area contributed by atoms with Crippen molar-refractivity contribution in [3.8, 4) is 0 Å². The van der Waals surface area contributed by atoms with E-state index in [0.717, 1.165) is 11.8 Å². The highest BCUT2D eigenvalue weighted by Gasteiger charge is 2.24. The molecule has 1 aliphatic rings. The van der Waals surface area contributed by atoms with Crippen molar-refractivity contribution < 1.29 is 0 Å². The molecule has 0 radical (unpaired) electrons. The summed E-state index contributed by atoms with van der Waals surface area (Å²) in [5, 5.41) is 0. The van der Waals surface area contributed by atoms with Gasteiger partial charge in [-0.15, -0.1) is 0 Å². The second-order valence-corrected chi connectivity index (χ2v) is 4.64. The van der Waals surface area contributed by atoms with Gasteiger partial charge < -0.3 is 5.73 Å². The van der Waals surface area contributed by atoms with Crippen LogP contribution in [0.2, 0.25) is 0 Å². The molecule has 1 aliphatic carbocycles. The summed E-state index contributed by atoms with van der Waals surface area (Å²) in [6.07, 6.45) is 9.46. The predicted octanol–water partition coefficient (Wildman–Crippen LogP) is 3.33. The quantitative estimate of drug-likeness (QED) is 0.711. The predicted molar refractivity (Wildman–Crippen MR) is 58.6 cm³/mol. The highest BCUT2D eigenvalue weighted by molar-refractivity contribution is 4.79. The third-order valence-corrected chi connectivity index (χ3v) is 3.61. The van der Waals surface area contributed by atoms with Crippen LogP contribution < -0.4 is 5.73 Å². The zero-order chi connectivity index (χ0) is 9.68. The Labute approximate surface area is 83.1 Å². The lowest BCUT2D eigenvalue weighted by Crippen LogP contribution is -2.31. The smallest absolute Gasteiger partial charge is 0.00415 e. The van der Waals surface area contributed by atoms with Crippen LogP contribution in [0, 0.1) is 11.8 Å². The molecule has 13 heavy (non-hydrogen) atoms. The van der Waals surface area contributed by atoms with E-state index in [1.165, 1.54) is 44.9 Å². The minimum atomic E-state index is 0.504. The van der Waals surface area contributed by atoms with Crippen LogP contribution >= 0.6 is 0 Å². The Bertz CT molecular complexity index is 133. The SMILES string of the molecule is CCCC(CC)C1CCCC(N)C1. The van der Waals surface area contributed by atoms with Gasteiger partial charge in [0.1, 0.15) is 0 Å². The standard InChI is InChI=1S/C12H25N/c1-3-6-10(4-2)11-7-5-8-12(13)9-11/h10-12H,3-9,13H2,1-2H3. The molecule has 0 saturated heterocycles. The molecule has 0 aromatic heterocycles. The minimum absolute atomic E-state index is 0.504. The maximum absolute atomic E-state index is 6.01. The minimum Gasteiger partial charge on any atom is -0.328 e. The molecule has 0 bridgehead atoms. The summed E-state index contributed by atoms with van der Waals surface area (Å²) in [6.45, 7) is 4.63. The van der Waals surface area contributed by atoms with Gasteiger partial charge in [0.25, 0.3) is 0 Å². The summed E-state index contributed by atoms with van der Waals surface area (Å²) in [5.41, 5.74) is 6.01. The van der Waals surface area contributed by atoms with Gasteiger partial charge in [-0.3, -0.25) is 0 Å². The Kier molecular flexibility index (Phi) is 4.79. The number of hydrogen-bond donors (Lipinski definition) is 1. The van der Waals surface area contributed by atoms with Crippen LogP contribution in [-0.2, 0) is 0 Å². The topological polar surface area (TPSA) is 26.0 Å². The van der Waals surface area contributed by atoms with Crippen molar-refractivity contribution in [2.45, 2.75) is 64.8 Å². The molecule has 1 fully saturated rings. The van der Waals surface area contributed by atoms with E-state index in [2.05, 4.69) is 13.8 Å². The van der Waals surface area contributed by atoms with Gasteiger partial charge in [0.15, 0.2) is 0 Å². The van der Waals surface area contributed by atoms with E-state index in [1.54, 1.807) is 0 Å². The Balaban J connectivity index is 2.37. The molecule has 1 saturated carbocycles. The second-order valence-electron chi connectivity index (χ2n) is 4.64. The average molecular weight is 183 g/mol. The van der Waals surface area contributed by atoms with Crippen molar-refractivity contribution in [1.29, 1.82) is 0 Å². The molecular weight excluding hydrogens is 158 g/mol. The molecule has 3 atom stereocenters. The third-order valence-electron chi connectivity index (χ3n) is 3.61. The summed E-state index contributed by atoms with van der Waals surface area (Å²) in [5.74, 6) is 1.89. The molecule has 3 unspecified atom stereocenters. The zero-order valence-corrected chi connectivity index (χ0v) is 9.26. The van der Waals surface area contributed by atoms with E-state index in [1.807, 2.05) is 0 Å². The lowest BCUT2D eigenvalue weighted by molar-refractivity contribution is 0.212. The van der Waals surface area contributed by atoms with E-state index in [4.69, 9.17) is 5.73 Å². The first-order valence-corrected chi connectivity index (χ1v) is 6.03. The van der Waals surface area contributed by atoms with Crippen molar-refractivity contribution in [1.82, 2.24) is 0 Å². The molecule has 0 heterocycles. The van der Waals surface area contributed by atoms with Crippen molar-refractivity contribution in [3.05, 3.63) is 0 Å². The van der Waals surface area contributed by atoms with Gasteiger partial charge in [-0.1, -0.05) is 46.0 Å². The lowest BCUT2D eigenvalue weighted by Gasteiger charge is -2.32. The van der Waals surface area contributed by atoms with E-state index in [-0.39, 0.29) is 0 Å². The second kappa shape index (κ2) is 5.64. The van der Waals surface area contributed by atoms with Gasteiger partial charge in [-0.2, -0.15) is 0 Å². The fourth-order valence-electron chi connectivity index (χ4n) is 2.84. The van der Waals surface area contributed by atoms with Crippen molar-refractivity contribution in [3.63, 3.8) is 0 Å². The van der Waals surface area contributed by atoms with Gasteiger partial charge in [-0.05, 0) is 24.7 Å². The molecule has 78 valence electrons. The Hall–Kier alpha value is -0.0400. The van der Waals surface area contributed by atoms with E-state index in [0.29, 0.717) is 6.04 Å². The molecule has 0 aliphatic heterocycles. The molecule has 0 aromatic carbocycles. The fourth-order valence-corrected chi connectivity index (χ4v) is 2.84. The highest BCUT2D eigenvalue weighted by Crippen LogP contribution is 2.33. The molecule has 1 rings (SSSR count). The first-order valence-electron chi connectivity index (χ1n) is 6.03. The highest BCUT2D eigenvalue weighted by atomic mass is 14.6. The summed E-state index contributed by atoms with van der Waals surface area (Å²) in [4.78, 5) is 0. The molecular formula is C12H25N. The largest absolute Gasteiger partial charge is 0.328 e. The Morgan fingerprint density at radius 2 is 2.08 bits per heavy atom. The first kappa shape index (κ1) is 11.0. The van der Waals surface area contributed by atoms with Gasteiger partial charge in [0, 0.05) is 6.04 Å². The van der Waals surface area contributed by atoms with Crippen molar-refractivity contribution in [2.24, 2.45) is 17.6 Å². The van der Waals surface area contributed by atoms with Crippen molar-refractivity contribution in [2.75, 3.05) is 0 Å². The number of hydrogen-bond acceptors (Lipinski definition) is 1. The molecule has 0 spiro atoms. The number of nitrogens with two attached hydrogens (primary N) is 1. The molecule has 1 heteroatoms. The Morgan fingerprint density at radius 3 is 2.62 bits per heavy atom. The normalized spacial score (nSPS) is 31.6. The van der Waals surface area contributed by atoms with Crippen LogP contribution in [0.1, 0.15) is 58.8 Å². The Morgan fingerprint density at radius 1 is 1.31 bits per heavy atom. The van der Waals surface area contributed by atoms with Gasteiger partial charge in [-0.25, -0.2) is 0 Å². The third kappa shape index (κ3) is 3.30. The van der Waals surface area contributed by atoms with E-state index >= 15 is 0 Å².